The number of nitrogens with one attached hydrogen (secondary N) is 1. The Kier molecular flexibility index (Phi) is 5.09. The molecule has 3 rings (SSSR count). The van der Waals surface area contributed by atoms with Gasteiger partial charge in [0.25, 0.3) is 5.91 Å². The van der Waals surface area contributed by atoms with Crippen LogP contribution in [0.5, 0.6) is 0 Å². The molecule has 0 radical (unpaired) electrons. The van der Waals surface area contributed by atoms with Gasteiger partial charge in [-0.3, -0.25) is 9.36 Å². The number of hydrogen-bond donors (Lipinski definition) is 2. The first-order valence-corrected chi connectivity index (χ1v) is 8.35. The molecule has 26 heavy (non-hydrogen) atoms. The average Bonchev–Trinajstić information content (AvgIpc) is 2.89. The Morgan fingerprint density at radius 3 is 2.77 bits per heavy atom. The largest absolute Gasteiger partial charge is 0.420 e. The molecule has 0 saturated carbocycles. The average molecular weight is 354 g/mol. The zero-order valence-electron chi connectivity index (χ0n) is 14.9. The number of nitrogens with two attached hydrogens (primary N) is 1. The summed E-state index contributed by atoms with van der Waals surface area (Å²) < 4.78 is 6.85. The van der Waals surface area contributed by atoms with Crippen molar-refractivity contribution in [1.82, 2.24) is 14.8 Å². The summed E-state index contributed by atoms with van der Waals surface area (Å²) in [6.45, 7) is 1.65. The number of aromatic nitrogens is 1. The van der Waals surface area contributed by atoms with Gasteiger partial charge < -0.3 is 20.4 Å². The number of carbonyl (C=O) groups excluding carboxylic acids is 1. The number of likely N-dealkylation sites (N-methyl/N-ethyl adjacent to an activating group) is 1. The van der Waals surface area contributed by atoms with Gasteiger partial charge in [-0.05, 0) is 50.0 Å². The Bertz CT molecular complexity index is 988. The van der Waals surface area contributed by atoms with E-state index in [-0.39, 0.29) is 5.91 Å². The van der Waals surface area contributed by atoms with Crippen LogP contribution >= 0.6 is 0 Å². The van der Waals surface area contributed by atoms with Crippen molar-refractivity contribution >= 4 is 22.7 Å². The molecule has 136 valence electrons. The molecular weight excluding hydrogens is 332 g/mol. The van der Waals surface area contributed by atoms with Crippen LogP contribution in [0.25, 0.3) is 11.1 Å². The molecule has 0 atom stereocenters. The van der Waals surface area contributed by atoms with Gasteiger partial charge in [0, 0.05) is 24.3 Å². The van der Waals surface area contributed by atoms with Gasteiger partial charge in [-0.25, -0.2) is 4.79 Å². The summed E-state index contributed by atoms with van der Waals surface area (Å²) in [5.74, 6) is -0.660. The standard InChI is InChI=1S/C19H22N4O3/c1-22(2)9-8-21-18(24)14-6-7-16-17(11-14)26-19(25)23(16)12-13-4-3-5-15(20)10-13/h3-7,10-11H,8-9,12,20H2,1-2H3,(H,21,24). The maximum Gasteiger partial charge on any atom is 0.420 e. The Labute approximate surface area is 151 Å². The second-order valence-electron chi connectivity index (χ2n) is 6.44. The third-order valence-electron chi connectivity index (χ3n) is 4.07. The number of benzene rings is 2. The van der Waals surface area contributed by atoms with Crippen molar-refractivity contribution in [3.63, 3.8) is 0 Å². The number of oxazole rings is 1. The number of anilines is 1. The third-order valence-corrected chi connectivity index (χ3v) is 4.07. The first-order chi connectivity index (χ1) is 12.4. The molecule has 0 bridgehead atoms. The smallest absolute Gasteiger partial charge is 0.408 e. The number of nitrogen functional groups attached to an aromatic ring is 1. The highest BCUT2D eigenvalue weighted by Crippen LogP contribution is 2.17. The first kappa shape index (κ1) is 17.8. The summed E-state index contributed by atoms with van der Waals surface area (Å²) in [6, 6.07) is 12.4. The van der Waals surface area contributed by atoms with Crippen LogP contribution in [-0.4, -0.2) is 42.6 Å². The van der Waals surface area contributed by atoms with Crippen molar-refractivity contribution in [1.29, 1.82) is 0 Å². The van der Waals surface area contributed by atoms with Gasteiger partial charge in [-0.2, -0.15) is 0 Å². The van der Waals surface area contributed by atoms with Gasteiger partial charge in [0.1, 0.15) is 0 Å². The van der Waals surface area contributed by atoms with Gasteiger partial charge in [-0.1, -0.05) is 12.1 Å². The van der Waals surface area contributed by atoms with Crippen molar-refractivity contribution in [2.24, 2.45) is 0 Å². The van der Waals surface area contributed by atoms with Gasteiger partial charge >= 0.3 is 5.76 Å². The van der Waals surface area contributed by atoms with Gasteiger partial charge in [0.15, 0.2) is 5.58 Å². The molecule has 0 fully saturated rings. The molecule has 7 nitrogen and oxygen atoms in total. The minimum absolute atomic E-state index is 0.194. The Hall–Kier alpha value is -3.06. The highest BCUT2D eigenvalue weighted by molar-refractivity contribution is 5.97. The van der Waals surface area contributed by atoms with Crippen molar-refractivity contribution in [2.75, 3.05) is 32.9 Å². The van der Waals surface area contributed by atoms with E-state index in [4.69, 9.17) is 10.2 Å². The van der Waals surface area contributed by atoms with E-state index in [1.165, 1.54) is 4.57 Å². The van der Waals surface area contributed by atoms with E-state index in [0.717, 1.165) is 12.1 Å². The predicted octanol–water partition coefficient (Wildman–Crippen LogP) is 1.52. The van der Waals surface area contributed by atoms with Gasteiger partial charge in [0.2, 0.25) is 0 Å². The maximum absolute atomic E-state index is 12.2. The van der Waals surface area contributed by atoms with Crippen molar-refractivity contribution in [3.8, 4) is 0 Å². The SMILES string of the molecule is CN(C)CCNC(=O)c1ccc2c(c1)oc(=O)n2Cc1cccc(N)c1. The van der Waals surface area contributed by atoms with Crippen LogP contribution in [0.4, 0.5) is 5.69 Å². The lowest BCUT2D eigenvalue weighted by atomic mass is 10.1. The van der Waals surface area contributed by atoms with E-state index in [0.29, 0.717) is 35.4 Å². The molecule has 1 heterocycles. The van der Waals surface area contributed by atoms with E-state index >= 15 is 0 Å². The summed E-state index contributed by atoms with van der Waals surface area (Å²) in [4.78, 5) is 26.4. The highest BCUT2D eigenvalue weighted by Gasteiger charge is 2.13. The summed E-state index contributed by atoms with van der Waals surface area (Å²) in [5, 5.41) is 2.84. The topological polar surface area (TPSA) is 93.5 Å². The van der Waals surface area contributed by atoms with Crippen LogP contribution in [0.15, 0.2) is 51.7 Å². The van der Waals surface area contributed by atoms with E-state index in [2.05, 4.69) is 5.32 Å². The Morgan fingerprint density at radius 1 is 1.23 bits per heavy atom. The number of rotatable bonds is 6. The summed E-state index contributed by atoms with van der Waals surface area (Å²) in [7, 11) is 3.88. The monoisotopic (exact) mass is 354 g/mol. The summed E-state index contributed by atoms with van der Waals surface area (Å²) in [6.07, 6.45) is 0. The molecule has 7 heteroatoms. The molecule has 3 N–H and O–H groups in total. The van der Waals surface area contributed by atoms with E-state index < -0.39 is 5.76 Å². The maximum atomic E-state index is 12.2. The van der Waals surface area contributed by atoms with Crippen LogP contribution < -0.4 is 16.8 Å². The molecule has 1 amide bonds. The Balaban J connectivity index is 1.83. The zero-order valence-corrected chi connectivity index (χ0v) is 14.9. The fourth-order valence-electron chi connectivity index (χ4n) is 2.73. The molecule has 0 aliphatic heterocycles. The normalized spacial score (nSPS) is 11.2. The molecule has 0 unspecified atom stereocenters. The lowest BCUT2D eigenvalue weighted by Gasteiger charge is -2.10. The number of amides is 1. The first-order valence-electron chi connectivity index (χ1n) is 8.35. The van der Waals surface area contributed by atoms with Gasteiger partial charge in [-0.15, -0.1) is 0 Å². The van der Waals surface area contributed by atoms with Crippen molar-refractivity contribution in [2.45, 2.75) is 6.54 Å². The zero-order chi connectivity index (χ0) is 18.7. The third kappa shape index (κ3) is 3.94. The molecule has 2 aromatic carbocycles. The Morgan fingerprint density at radius 2 is 2.04 bits per heavy atom. The van der Waals surface area contributed by atoms with Crippen LogP contribution in [0.2, 0.25) is 0 Å². The predicted molar refractivity (Wildman–Crippen MR) is 101 cm³/mol. The van der Waals surface area contributed by atoms with Crippen LogP contribution in [0, 0.1) is 0 Å². The fourth-order valence-corrected chi connectivity index (χ4v) is 2.73. The van der Waals surface area contributed by atoms with Gasteiger partial charge in [0.05, 0.1) is 12.1 Å². The van der Waals surface area contributed by atoms with E-state index in [1.54, 1.807) is 24.3 Å². The summed E-state index contributed by atoms with van der Waals surface area (Å²) in [5.41, 5.74) is 8.82. The molecule has 0 aliphatic rings. The molecule has 0 saturated heterocycles. The molecule has 3 aromatic rings. The van der Waals surface area contributed by atoms with Crippen LogP contribution in [0.1, 0.15) is 15.9 Å². The van der Waals surface area contributed by atoms with Crippen molar-refractivity contribution in [3.05, 3.63) is 64.1 Å². The number of hydrogen-bond acceptors (Lipinski definition) is 5. The minimum Gasteiger partial charge on any atom is -0.408 e. The quantitative estimate of drug-likeness (QED) is 0.655. The second-order valence-corrected chi connectivity index (χ2v) is 6.44. The molecule has 0 spiro atoms. The van der Waals surface area contributed by atoms with Crippen LogP contribution in [0.3, 0.4) is 0 Å². The lowest BCUT2D eigenvalue weighted by Crippen LogP contribution is -2.31. The summed E-state index contributed by atoms with van der Waals surface area (Å²) >= 11 is 0. The number of fused-ring (bicyclic) bond motifs is 1. The fraction of sp³-hybridized carbons (Fsp3) is 0.263. The highest BCUT2D eigenvalue weighted by atomic mass is 16.4. The van der Waals surface area contributed by atoms with Crippen molar-refractivity contribution < 1.29 is 9.21 Å². The molecule has 0 aliphatic carbocycles. The minimum atomic E-state index is -0.465. The molecular formula is C19H22N4O3. The second kappa shape index (κ2) is 7.45. The van der Waals surface area contributed by atoms with Crippen LogP contribution in [-0.2, 0) is 6.54 Å². The molecule has 1 aromatic heterocycles. The number of carbonyl (C=O) groups is 1. The lowest BCUT2D eigenvalue weighted by molar-refractivity contribution is 0.0951. The van der Waals surface area contributed by atoms with E-state index in [1.807, 2.05) is 37.2 Å². The number of nitrogens with zero attached hydrogens (tertiary/aromatic N) is 2. The van der Waals surface area contributed by atoms with E-state index in [9.17, 15) is 9.59 Å².